The quantitative estimate of drug-likeness (QED) is 0.840. The summed E-state index contributed by atoms with van der Waals surface area (Å²) < 4.78 is 0. The summed E-state index contributed by atoms with van der Waals surface area (Å²) in [5.74, 6) is 0.339. The lowest BCUT2D eigenvalue weighted by Gasteiger charge is -2.24. The molecule has 1 aliphatic heterocycles. The van der Waals surface area contributed by atoms with Gasteiger partial charge in [0.05, 0.1) is 10.8 Å². The minimum Gasteiger partial charge on any atom is -0.352 e. The minimum absolute atomic E-state index is 0.0103. The van der Waals surface area contributed by atoms with E-state index in [1.807, 2.05) is 24.3 Å². The van der Waals surface area contributed by atoms with Crippen LogP contribution in [0.2, 0.25) is 5.02 Å². The molecule has 0 aromatic heterocycles. The van der Waals surface area contributed by atoms with Crippen molar-refractivity contribution in [3.05, 3.63) is 29.3 Å². The molecule has 22 heavy (non-hydrogen) atoms. The Bertz CT molecular complexity index is 577. The fourth-order valence-corrected chi connectivity index (χ4v) is 3.77. The smallest absolute Gasteiger partial charge is 0.243 e. The van der Waals surface area contributed by atoms with Crippen molar-refractivity contribution in [3.63, 3.8) is 0 Å². The fourth-order valence-electron chi connectivity index (χ4n) is 2.65. The van der Waals surface area contributed by atoms with Crippen LogP contribution in [-0.4, -0.2) is 41.1 Å². The Kier molecular flexibility index (Phi) is 4.93. The van der Waals surface area contributed by atoms with Crippen molar-refractivity contribution in [1.82, 2.24) is 10.2 Å². The summed E-state index contributed by atoms with van der Waals surface area (Å²) in [6.45, 7) is 0.671. The van der Waals surface area contributed by atoms with Crippen LogP contribution in [0.3, 0.4) is 0 Å². The molecule has 1 aromatic rings. The highest BCUT2D eigenvalue weighted by Crippen LogP contribution is 2.28. The first-order chi connectivity index (χ1) is 10.6. The molecule has 3 rings (SSSR count). The molecular formula is C16H19ClN2O2S. The maximum Gasteiger partial charge on any atom is 0.243 e. The van der Waals surface area contributed by atoms with Gasteiger partial charge in [-0.25, -0.2) is 0 Å². The summed E-state index contributed by atoms with van der Waals surface area (Å²) in [4.78, 5) is 27.3. The van der Waals surface area contributed by atoms with Gasteiger partial charge in [0.2, 0.25) is 11.8 Å². The summed E-state index contributed by atoms with van der Waals surface area (Å²) >= 11 is 7.53. The van der Waals surface area contributed by atoms with Gasteiger partial charge >= 0.3 is 0 Å². The topological polar surface area (TPSA) is 49.4 Å². The van der Waals surface area contributed by atoms with E-state index in [2.05, 4.69) is 5.32 Å². The number of nitrogens with one attached hydrogen (secondary N) is 1. The molecule has 2 fully saturated rings. The number of thioether (sulfide) groups is 1. The molecule has 6 heteroatoms. The van der Waals surface area contributed by atoms with E-state index in [9.17, 15) is 9.59 Å². The molecule has 0 radical (unpaired) electrons. The zero-order valence-corrected chi connectivity index (χ0v) is 13.8. The highest BCUT2D eigenvalue weighted by Gasteiger charge is 2.36. The van der Waals surface area contributed by atoms with Crippen molar-refractivity contribution >= 4 is 35.2 Å². The number of rotatable bonds is 5. The third-order valence-corrected chi connectivity index (χ3v) is 5.49. The Balaban J connectivity index is 1.56. The van der Waals surface area contributed by atoms with E-state index in [0.717, 1.165) is 30.6 Å². The predicted octanol–water partition coefficient (Wildman–Crippen LogP) is 2.70. The second-order valence-corrected chi connectivity index (χ2v) is 7.17. The number of amides is 2. The van der Waals surface area contributed by atoms with E-state index in [-0.39, 0.29) is 17.9 Å². The zero-order chi connectivity index (χ0) is 15.5. The van der Waals surface area contributed by atoms with E-state index in [1.54, 1.807) is 4.90 Å². The third-order valence-electron chi connectivity index (χ3n) is 3.99. The van der Waals surface area contributed by atoms with Gasteiger partial charge in [0.15, 0.2) is 0 Å². The van der Waals surface area contributed by atoms with Crippen LogP contribution in [0.15, 0.2) is 29.2 Å². The Morgan fingerprint density at radius 1 is 1.27 bits per heavy atom. The van der Waals surface area contributed by atoms with Crippen molar-refractivity contribution in [2.24, 2.45) is 0 Å². The molecule has 2 amide bonds. The summed E-state index contributed by atoms with van der Waals surface area (Å²) in [6.07, 6.45) is 3.79. The van der Waals surface area contributed by atoms with E-state index in [4.69, 9.17) is 11.6 Å². The maximum atomic E-state index is 12.4. The predicted molar refractivity (Wildman–Crippen MR) is 88.1 cm³/mol. The Morgan fingerprint density at radius 3 is 2.77 bits per heavy atom. The average molecular weight is 339 g/mol. The van der Waals surface area contributed by atoms with Crippen molar-refractivity contribution < 1.29 is 9.59 Å². The molecule has 1 N–H and O–H groups in total. The van der Waals surface area contributed by atoms with Crippen LogP contribution in [-0.2, 0) is 9.59 Å². The van der Waals surface area contributed by atoms with Gasteiger partial charge in [-0.3, -0.25) is 9.59 Å². The van der Waals surface area contributed by atoms with Crippen LogP contribution in [0.1, 0.15) is 25.7 Å². The number of hydrogen-bond donors (Lipinski definition) is 1. The third kappa shape index (κ3) is 3.76. The van der Waals surface area contributed by atoms with Crippen LogP contribution in [0, 0.1) is 0 Å². The molecule has 0 spiro atoms. The summed E-state index contributed by atoms with van der Waals surface area (Å²) in [5, 5.41) is 3.66. The first-order valence-corrected chi connectivity index (χ1v) is 8.98. The monoisotopic (exact) mass is 338 g/mol. The van der Waals surface area contributed by atoms with Crippen molar-refractivity contribution in [2.45, 2.75) is 42.7 Å². The average Bonchev–Trinajstić information content (AvgIpc) is 3.18. The molecule has 1 heterocycles. The second-order valence-electron chi connectivity index (χ2n) is 5.75. The second kappa shape index (κ2) is 6.92. The Morgan fingerprint density at radius 2 is 2.05 bits per heavy atom. The van der Waals surface area contributed by atoms with E-state index >= 15 is 0 Å². The van der Waals surface area contributed by atoms with Gasteiger partial charge in [-0.05, 0) is 37.8 Å². The van der Waals surface area contributed by atoms with Gasteiger partial charge in [-0.2, -0.15) is 0 Å². The van der Waals surface area contributed by atoms with Crippen molar-refractivity contribution in [3.8, 4) is 0 Å². The lowest BCUT2D eigenvalue weighted by atomic mass is 10.2. The van der Waals surface area contributed by atoms with Crippen LogP contribution < -0.4 is 5.32 Å². The molecule has 0 bridgehead atoms. The van der Waals surface area contributed by atoms with Gasteiger partial charge < -0.3 is 10.2 Å². The van der Waals surface area contributed by atoms with Crippen molar-refractivity contribution in [2.75, 3.05) is 12.3 Å². The molecule has 118 valence electrons. The molecule has 2 aliphatic rings. The summed E-state index contributed by atoms with van der Waals surface area (Å²) in [6, 6.07) is 7.54. The van der Waals surface area contributed by atoms with Crippen LogP contribution >= 0.6 is 23.4 Å². The lowest BCUT2D eigenvalue weighted by molar-refractivity contribution is -0.136. The highest BCUT2D eigenvalue weighted by molar-refractivity contribution is 8.00. The zero-order valence-electron chi connectivity index (χ0n) is 12.3. The van der Waals surface area contributed by atoms with Gasteiger partial charge in [-0.1, -0.05) is 23.7 Å². The van der Waals surface area contributed by atoms with Crippen LogP contribution in [0.25, 0.3) is 0 Å². The number of likely N-dealkylation sites (tertiary alicyclic amines) is 1. The fraction of sp³-hybridized carbons (Fsp3) is 0.500. The molecule has 1 atom stereocenters. The number of nitrogens with zero attached hydrogens (tertiary/aromatic N) is 1. The molecular weight excluding hydrogens is 320 g/mol. The molecule has 1 saturated carbocycles. The van der Waals surface area contributed by atoms with Crippen molar-refractivity contribution in [1.29, 1.82) is 0 Å². The van der Waals surface area contributed by atoms with Crippen LogP contribution in [0.5, 0.6) is 0 Å². The normalized spacial score (nSPS) is 21.0. The highest BCUT2D eigenvalue weighted by atomic mass is 35.5. The summed E-state index contributed by atoms with van der Waals surface area (Å²) in [5.41, 5.74) is 0. The maximum absolute atomic E-state index is 12.4. The molecule has 1 aromatic carbocycles. The molecule has 1 aliphatic carbocycles. The van der Waals surface area contributed by atoms with Gasteiger partial charge in [0.25, 0.3) is 0 Å². The SMILES string of the molecule is O=C(NC1CC1)C1CCCN1C(=O)CSc1ccccc1Cl. The molecule has 1 saturated heterocycles. The first kappa shape index (κ1) is 15.7. The standard InChI is InChI=1S/C16H19ClN2O2S/c17-12-4-1-2-6-14(12)22-10-15(20)19-9-3-5-13(19)16(21)18-11-7-8-11/h1-2,4,6,11,13H,3,5,7-10H2,(H,18,21). The van der Waals surface area contributed by atoms with Gasteiger partial charge in [0.1, 0.15) is 6.04 Å². The number of halogens is 1. The number of hydrogen-bond acceptors (Lipinski definition) is 3. The molecule has 4 nitrogen and oxygen atoms in total. The van der Waals surface area contributed by atoms with E-state index in [1.165, 1.54) is 11.8 Å². The minimum atomic E-state index is -0.292. The number of carbonyl (C=O) groups is 2. The Hall–Kier alpha value is -1.20. The van der Waals surface area contributed by atoms with E-state index in [0.29, 0.717) is 23.4 Å². The van der Waals surface area contributed by atoms with Crippen LogP contribution in [0.4, 0.5) is 0 Å². The largest absolute Gasteiger partial charge is 0.352 e. The number of carbonyl (C=O) groups excluding carboxylic acids is 2. The van der Waals surface area contributed by atoms with Gasteiger partial charge in [0, 0.05) is 17.5 Å². The Labute approximate surface area is 139 Å². The molecule has 1 unspecified atom stereocenters. The van der Waals surface area contributed by atoms with Gasteiger partial charge in [-0.15, -0.1) is 11.8 Å². The lowest BCUT2D eigenvalue weighted by Crippen LogP contribution is -2.47. The number of benzene rings is 1. The summed E-state index contributed by atoms with van der Waals surface area (Å²) in [7, 11) is 0. The van der Waals surface area contributed by atoms with E-state index < -0.39 is 0 Å². The first-order valence-electron chi connectivity index (χ1n) is 7.62.